The van der Waals surface area contributed by atoms with Gasteiger partial charge in [-0.1, -0.05) is 74.5 Å². The van der Waals surface area contributed by atoms with E-state index in [0.29, 0.717) is 39.0 Å². The molecule has 4 rings (SSSR count). The van der Waals surface area contributed by atoms with E-state index in [2.05, 4.69) is 72.6 Å². The molecule has 4 amide bonds. The highest BCUT2D eigenvalue weighted by Gasteiger charge is 2.40. The Balaban J connectivity index is 1.53. The lowest BCUT2D eigenvalue weighted by Crippen LogP contribution is -2.62. The fraction of sp³-hybridized carbons (Fsp3) is 0.605. The van der Waals surface area contributed by atoms with Crippen LogP contribution in [-0.4, -0.2) is 107 Å². The Bertz CT molecular complexity index is 1290. The first kappa shape index (κ1) is 37.0. The normalized spacial score (nSPS) is 18.2. The minimum Gasteiger partial charge on any atom is -0.444 e. The van der Waals surface area contributed by atoms with Crippen molar-refractivity contribution in [2.45, 2.75) is 97.6 Å². The molecule has 264 valence electrons. The second-order valence-electron chi connectivity index (χ2n) is 15.3. The molecule has 1 N–H and O–H groups in total. The van der Waals surface area contributed by atoms with Crippen LogP contribution < -0.4 is 5.32 Å². The standard InChI is InChI=1S/C38H57N5O5/c1-28(2)32-27-41(33(29-15-11-9-12-16-29)30-17-13-10-14-18-30)25-26-43(32)35(45)42(24-21-39-34(44)47-37(3,4)5)31-19-22-40(23-20-31)36(46)48-38(6,7)8/h9-18,28,31-33H,19-27H2,1-8H3,(H,39,44)/t32-/m1/s1. The van der Waals surface area contributed by atoms with E-state index in [4.69, 9.17) is 9.47 Å². The van der Waals surface area contributed by atoms with Gasteiger partial charge in [-0.25, -0.2) is 14.4 Å². The van der Waals surface area contributed by atoms with E-state index in [1.807, 2.05) is 63.5 Å². The Morgan fingerprint density at radius 2 is 1.35 bits per heavy atom. The largest absolute Gasteiger partial charge is 0.444 e. The van der Waals surface area contributed by atoms with Gasteiger partial charge in [-0.15, -0.1) is 0 Å². The molecule has 0 aliphatic carbocycles. The number of nitrogens with zero attached hydrogens (tertiary/aromatic N) is 4. The molecule has 1 atom stereocenters. The first-order chi connectivity index (χ1) is 22.6. The molecule has 0 spiro atoms. The maximum atomic E-state index is 14.6. The van der Waals surface area contributed by atoms with Gasteiger partial charge in [0.1, 0.15) is 11.2 Å². The molecule has 2 saturated heterocycles. The van der Waals surface area contributed by atoms with E-state index in [-0.39, 0.29) is 42.7 Å². The lowest BCUT2D eigenvalue weighted by Gasteiger charge is -2.49. The molecule has 2 aliphatic heterocycles. The number of piperazine rings is 1. The lowest BCUT2D eigenvalue weighted by molar-refractivity contribution is 0.0111. The van der Waals surface area contributed by atoms with Crippen molar-refractivity contribution in [3.05, 3.63) is 71.8 Å². The molecular weight excluding hydrogens is 606 g/mol. The molecule has 0 saturated carbocycles. The molecule has 48 heavy (non-hydrogen) atoms. The SMILES string of the molecule is CC(C)[C@H]1CN(C(c2ccccc2)c2ccccc2)CCN1C(=O)N(CCNC(=O)OC(C)(C)C)C1CCN(C(=O)OC(C)(C)C)CC1. The predicted octanol–water partition coefficient (Wildman–Crippen LogP) is 6.76. The van der Waals surface area contributed by atoms with Crippen molar-refractivity contribution in [1.82, 2.24) is 24.9 Å². The minimum absolute atomic E-state index is 0.00987. The predicted molar refractivity (Wildman–Crippen MR) is 189 cm³/mol. The van der Waals surface area contributed by atoms with Crippen molar-refractivity contribution in [2.24, 2.45) is 5.92 Å². The van der Waals surface area contributed by atoms with Crippen LogP contribution in [0.25, 0.3) is 0 Å². The van der Waals surface area contributed by atoms with Crippen LogP contribution in [0.15, 0.2) is 60.7 Å². The van der Waals surface area contributed by atoms with E-state index < -0.39 is 17.3 Å². The Kier molecular flexibility index (Phi) is 12.4. The molecule has 10 heteroatoms. The highest BCUT2D eigenvalue weighted by molar-refractivity contribution is 5.76. The molecule has 2 aliphatic rings. The van der Waals surface area contributed by atoms with Crippen molar-refractivity contribution in [3.63, 3.8) is 0 Å². The summed E-state index contributed by atoms with van der Waals surface area (Å²) < 4.78 is 11.1. The maximum absolute atomic E-state index is 14.6. The van der Waals surface area contributed by atoms with Crippen molar-refractivity contribution >= 4 is 18.2 Å². The van der Waals surface area contributed by atoms with Gasteiger partial charge in [-0.05, 0) is 71.4 Å². The number of amides is 4. The number of ether oxygens (including phenoxy) is 2. The monoisotopic (exact) mass is 663 g/mol. The summed E-state index contributed by atoms with van der Waals surface area (Å²) in [6, 6.07) is 21.1. The molecule has 0 bridgehead atoms. The molecule has 0 aromatic heterocycles. The molecule has 0 unspecified atom stereocenters. The van der Waals surface area contributed by atoms with Crippen LogP contribution in [0.4, 0.5) is 14.4 Å². The lowest BCUT2D eigenvalue weighted by atomic mass is 9.93. The summed E-state index contributed by atoms with van der Waals surface area (Å²) in [5.41, 5.74) is 1.28. The van der Waals surface area contributed by atoms with Crippen LogP contribution in [0.3, 0.4) is 0 Å². The maximum Gasteiger partial charge on any atom is 0.410 e. The van der Waals surface area contributed by atoms with Gasteiger partial charge >= 0.3 is 18.2 Å². The number of carbonyl (C=O) groups excluding carboxylic acids is 3. The van der Waals surface area contributed by atoms with Gasteiger partial charge < -0.3 is 29.5 Å². The molecule has 10 nitrogen and oxygen atoms in total. The highest BCUT2D eigenvalue weighted by atomic mass is 16.6. The minimum atomic E-state index is -0.615. The Hall–Kier alpha value is -3.79. The molecule has 0 radical (unpaired) electrons. The first-order valence-corrected chi connectivity index (χ1v) is 17.5. The van der Waals surface area contributed by atoms with Crippen molar-refractivity contribution in [3.8, 4) is 0 Å². The molecular formula is C38H57N5O5. The third kappa shape index (κ3) is 10.4. The number of urea groups is 1. The zero-order chi connectivity index (χ0) is 35.1. The summed E-state index contributed by atoms with van der Waals surface area (Å²) in [4.78, 5) is 48.1. The Morgan fingerprint density at radius 3 is 1.85 bits per heavy atom. The number of piperidine rings is 1. The fourth-order valence-electron chi connectivity index (χ4n) is 6.64. The van der Waals surface area contributed by atoms with Crippen LogP contribution in [0.5, 0.6) is 0 Å². The van der Waals surface area contributed by atoms with Gasteiger partial charge in [0.2, 0.25) is 0 Å². The molecule has 2 aromatic rings. The number of rotatable bonds is 8. The number of hydrogen-bond acceptors (Lipinski definition) is 6. The summed E-state index contributed by atoms with van der Waals surface area (Å²) in [5.74, 6) is 0.222. The van der Waals surface area contributed by atoms with Crippen LogP contribution >= 0.6 is 0 Å². The van der Waals surface area contributed by atoms with Gasteiger partial charge in [0, 0.05) is 57.9 Å². The van der Waals surface area contributed by atoms with E-state index in [1.54, 1.807) is 4.90 Å². The van der Waals surface area contributed by atoms with Crippen molar-refractivity contribution in [1.29, 1.82) is 0 Å². The zero-order valence-electron chi connectivity index (χ0n) is 30.3. The highest BCUT2D eigenvalue weighted by Crippen LogP contribution is 2.33. The third-order valence-corrected chi connectivity index (χ3v) is 8.88. The second-order valence-corrected chi connectivity index (χ2v) is 15.3. The van der Waals surface area contributed by atoms with Crippen molar-refractivity contribution in [2.75, 3.05) is 45.8 Å². The zero-order valence-corrected chi connectivity index (χ0v) is 30.3. The summed E-state index contributed by atoms with van der Waals surface area (Å²) >= 11 is 0. The number of alkyl carbamates (subject to hydrolysis) is 1. The van der Waals surface area contributed by atoms with Gasteiger partial charge in [-0.3, -0.25) is 4.90 Å². The summed E-state index contributed by atoms with van der Waals surface area (Å²) in [6.07, 6.45) is 0.436. The van der Waals surface area contributed by atoms with E-state index in [9.17, 15) is 14.4 Å². The Labute approximate surface area is 287 Å². The summed E-state index contributed by atoms with van der Waals surface area (Å²) in [5, 5.41) is 2.85. The van der Waals surface area contributed by atoms with Crippen LogP contribution in [0, 0.1) is 5.92 Å². The fourth-order valence-corrected chi connectivity index (χ4v) is 6.64. The smallest absolute Gasteiger partial charge is 0.410 e. The van der Waals surface area contributed by atoms with E-state index in [0.717, 1.165) is 13.1 Å². The number of nitrogens with one attached hydrogen (secondary N) is 1. The number of benzene rings is 2. The molecule has 2 heterocycles. The molecule has 2 fully saturated rings. The quantitative estimate of drug-likeness (QED) is 0.335. The van der Waals surface area contributed by atoms with Gasteiger partial charge in [-0.2, -0.15) is 0 Å². The van der Waals surface area contributed by atoms with Crippen LogP contribution in [-0.2, 0) is 9.47 Å². The van der Waals surface area contributed by atoms with E-state index >= 15 is 0 Å². The average Bonchev–Trinajstić information content (AvgIpc) is 3.02. The van der Waals surface area contributed by atoms with Crippen LogP contribution in [0.1, 0.15) is 85.4 Å². The van der Waals surface area contributed by atoms with Gasteiger partial charge in [0.15, 0.2) is 0 Å². The number of hydrogen-bond donors (Lipinski definition) is 1. The summed E-state index contributed by atoms with van der Waals surface area (Å²) in [6.45, 7) is 19.1. The number of likely N-dealkylation sites (tertiary alicyclic amines) is 1. The van der Waals surface area contributed by atoms with E-state index in [1.165, 1.54) is 11.1 Å². The Morgan fingerprint density at radius 1 is 0.812 bits per heavy atom. The first-order valence-electron chi connectivity index (χ1n) is 17.5. The average molecular weight is 664 g/mol. The van der Waals surface area contributed by atoms with Crippen LogP contribution in [0.2, 0.25) is 0 Å². The number of carbonyl (C=O) groups is 3. The summed E-state index contributed by atoms with van der Waals surface area (Å²) in [7, 11) is 0. The third-order valence-electron chi connectivity index (χ3n) is 8.88. The second kappa shape index (κ2) is 16.1. The van der Waals surface area contributed by atoms with Gasteiger partial charge in [0.25, 0.3) is 0 Å². The van der Waals surface area contributed by atoms with Gasteiger partial charge in [0.05, 0.1) is 6.04 Å². The van der Waals surface area contributed by atoms with Crippen molar-refractivity contribution < 1.29 is 23.9 Å². The topological polar surface area (TPSA) is 94.7 Å². The molecule has 2 aromatic carbocycles.